The van der Waals surface area contributed by atoms with Crippen molar-refractivity contribution in [1.82, 2.24) is 4.90 Å². The Morgan fingerprint density at radius 1 is 0.864 bits per heavy atom. The average Bonchev–Trinajstić information content (AvgIpc) is 2.39. The highest BCUT2D eigenvalue weighted by Crippen LogP contribution is 2.36. The monoisotopic (exact) mass is 325 g/mol. The van der Waals surface area contributed by atoms with E-state index in [1.54, 1.807) is 4.90 Å². The molecule has 1 aliphatic heterocycles. The molecule has 0 amide bonds. The van der Waals surface area contributed by atoms with Gasteiger partial charge in [-0.1, -0.05) is 0 Å². The number of carbonyl (C=O) groups excluding carboxylic acids is 1. The minimum atomic E-state index is -4.84. The zero-order valence-electron chi connectivity index (χ0n) is 11.4. The fourth-order valence-corrected chi connectivity index (χ4v) is 2.33. The third-order valence-corrected chi connectivity index (χ3v) is 3.47. The largest absolute Gasteiger partial charge is 0.416 e. The van der Waals surface area contributed by atoms with Gasteiger partial charge >= 0.3 is 12.4 Å². The second-order valence-electron chi connectivity index (χ2n) is 5.23. The molecule has 0 N–H and O–H groups in total. The van der Waals surface area contributed by atoms with Crippen molar-refractivity contribution in [3.05, 3.63) is 34.9 Å². The number of halogens is 6. The first-order valence-electron chi connectivity index (χ1n) is 6.58. The normalized spacial score (nSPS) is 17.8. The van der Waals surface area contributed by atoms with Crippen LogP contribution < -0.4 is 0 Å². The van der Waals surface area contributed by atoms with Gasteiger partial charge in [0.25, 0.3) is 0 Å². The number of benzene rings is 1. The van der Waals surface area contributed by atoms with Crippen LogP contribution in [0.15, 0.2) is 18.2 Å². The number of carbonyl (C=O) groups is 1. The van der Waals surface area contributed by atoms with Crippen molar-refractivity contribution in [2.45, 2.75) is 31.7 Å². The summed E-state index contributed by atoms with van der Waals surface area (Å²) in [7, 11) is 0. The van der Waals surface area contributed by atoms with Crippen LogP contribution in [0.25, 0.3) is 0 Å². The molecule has 0 radical (unpaired) electrons. The molecule has 8 heteroatoms. The maximum atomic E-state index is 12.7. The molecule has 0 saturated carbocycles. The number of rotatable bonds is 2. The fraction of sp³-hybridized carbons (Fsp3) is 0.500. The molecule has 22 heavy (non-hydrogen) atoms. The molecule has 1 saturated heterocycles. The number of Topliss-reactive ketones (excluding diaryl/α,β-unsaturated/α-hetero) is 1. The molecule has 2 nitrogen and oxygen atoms in total. The SMILES string of the molecule is O=C1CCN(Cc2cc(C(F)(F)F)cc(C(F)(F)F)c2)CC1. The topological polar surface area (TPSA) is 20.3 Å². The van der Waals surface area contributed by atoms with Gasteiger partial charge in [-0.25, -0.2) is 0 Å². The number of hydrogen-bond acceptors (Lipinski definition) is 2. The van der Waals surface area contributed by atoms with E-state index in [0.29, 0.717) is 13.1 Å². The number of likely N-dealkylation sites (tertiary alicyclic amines) is 1. The number of ketones is 1. The summed E-state index contributed by atoms with van der Waals surface area (Å²) >= 11 is 0. The maximum absolute atomic E-state index is 12.7. The summed E-state index contributed by atoms with van der Waals surface area (Å²) in [5.41, 5.74) is -2.69. The summed E-state index contributed by atoms with van der Waals surface area (Å²) < 4.78 is 76.4. The van der Waals surface area contributed by atoms with E-state index in [4.69, 9.17) is 0 Å². The standard InChI is InChI=1S/C14H13F6NO/c15-13(16,17)10-5-9(6-11(7-10)14(18,19)20)8-21-3-1-12(22)2-4-21/h5-7H,1-4,8H2. The van der Waals surface area contributed by atoms with E-state index in [-0.39, 0.29) is 36.8 Å². The van der Waals surface area contributed by atoms with Crippen LogP contribution in [0.4, 0.5) is 26.3 Å². The lowest BCUT2D eigenvalue weighted by Crippen LogP contribution is -2.33. The summed E-state index contributed by atoms with van der Waals surface area (Å²) in [6.07, 6.45) is -9.14. The molecule has 0 unspecified atom stereocenters. The molecule has 1 aromatic carbocycles. The van der Waals surface area contributed by atoms with Crippen LogP contribution in [-0.4, -0.2) is 23.8 Å². The summed E-state index contributed by atoms with van der Waals surface area (Å²) in [5, 5.41) is 0. The highest BCUT2D eigenvalue weighted by Gasteiger charge is 2.37. The zero-order valence-corrected chi connectivity index (χ0v) is 11.4. The Bertz CT molecular complexity index is 521. The smallest absolute Gasteiger partial charge is 0.300 e. The van der Waals surface area contributed by atoms with E-state index >= 15 is 0 Å². The predicted molar refractivity (Wildman–Crippen MR) is 66.0 cm³/mol. The number of nitrogens with zero attached hydrogens (tertiary/aromatic N) is 1. The molecular weight excluding hydrogens is 312 g/mol. The first-order valence-corrected chi connectivity index (χ1v) is 6.58. The van der Waals surface area contributed by atoms with E-state index in [1.165, 1.54) is 0 Å². The van der Waals surface area contributed by atoms with Gasteiger partial charge in [-0.05, 0) is 23.8 Å². The van der Waals surface area contributed by atoms with Gasteiger partial charge in [0.15, 0.2) is 0 Å². The molecular formula is C14H13F6NO. The summed E-state index contributed by atoms with van der Waals surface area (Å²) in [6.45, 7) is 0.646. The van der Waals surface area contributed by atoms with Crippen LogP contribution in [0.1, 0.15) is 29.5 Å². The van der Waals surface area contributed by atoms with Crippen LogP contribution in [0.3, 0.4) is 0 Å². The van der Waals surface area contributed by atoms with Gasteiger partial charge in [0, 0.05) is 32.5 Å². The highest BCUT2D eigenvalue weighted by molar-refractivity contribution is 5.79. The molecule has 1 fully saturated rings. The van der Waals surface area contributed by atoms with Gasteiger partial charge in [-0.15, -0.1) is 0 Å². The van der Waals surface area contributed by atoms with Gasteiger partial charge in [-0.3, -0.25) is 9.69 Å². The minimum Gasteiger partial charge on any atom is -0.300 e. The number of alkyl halides is 6. The molecule has 2 rings (SSSR count). The second kappa shape index (κ2) is 5.91. The Balaban J connectivity index is 2.28. The van der Waals surface area contributed by atoms with Crippen LogP contribution in [0.5, 0.6) is 0 Å². The number of piperidine rings is 1. The van der Waals surface area contributed by atoms with Crippen molar-refractivity contribution in [2.75, 3.05) is 13.1 Å². The van der Waals surface area contributed by atoms with Gasteiger partial charge in [0.05, 0.1) is 11.1 Å². The minimum absolute atomic E-state index is 0.0414. The second-order valence-corrected chi connectivity index (χ2v) is 5.23. The van der Waals surface area contributed by atoms with E-state index in [0.717, 1.165) is 12.1 Å². The molecule has 0 spiro atoms. The lowest BCUT2D eigenvalue weighted by Gasteiger charge is -2.26. The zero-order chi connectivity index (χ0) is 16.5. The molecule has 0 atom stereocenters. The lowest BCUT2D eigenvalue weighted by molar-refractivity contribution is -0.143. The average molecular weight is 325 g/mol. The Labute approximate surface area is 122 Å². The molecule has 1 aliphatic rings. The first kappa shape index (κ1) is 16.8. The van der Waals surface area contributed by atoms with Crippen molar-refractivity contribution >= 4 is 5.78 Å². The van der Waals surface area contributed by atoms with E-state index in [1.807, 2.05) is 0 Å². The molecule has 0 aromatic heterocycles. The van der Waals surface area contributed by atoms with E-state index in [9.17, 15) is 31.1 Å². The lowest BCUT2D eigenvalue weighted by atomic mass is 10.0. The summed E-state index contributed by atoms with van der Waals surface area (Å²) in [6, 6.07) is 1.57. The Hall–Kier alpha value is -1.57. The highest BCUT2D eigenvalue weighted by atomic mass is 19.4. The van der Waals surface area contributed by atoms with Crippen molar-refractivity contribution in [3.63, 3.8) is 0 Å². The van der Waals surface area contributed by atoms with Crippen molar-refractivity contribution < 1.29 is 31.1 Å². The van der Waals surface area contributed by atoms with Gasteiger partial charge in [0.1, 0.15) is 5.78 Å². The molecule has 122 valence electrons. The quantitative estimate of drug-likeness (QED) is 0.769. The van der Waals surface area contributed by atoms with E-state index < -0.39 is 23.5 Å². The van der Waals surface area contributed by atoms with Crippen molar-refractivity contribution in [3.8, 4) is 0 Å². The summed E-state index contributed by atoms with van der Waals surface area (Å²) in [4.78, 5) is 12.8. The third kappa shape index (κ3) is 4.22. The van der Waals surface area contributed by atoms with Crippen molar-refractivity contribution in [1.29, 1.82) is 0 Å². The van der Waals surface area contributed by atoms with Gasteiger partial charge in [-0.2, -0.15) is 26.3 Å². The first-order chi connectivity index (χ1) is 10.1. The Morgan fingerprint density at radius 3 is 1.73 bits per heavy atom. The molecule has 0 aliphatic carbocycles. The van der Waals surface area contributed by atoms with Crippen LogP contribution in [0.2, 0.25) is 0 Å². The molecule has 1 heterocycles. The Morgan fingerprint density at radius 2 is 1.32 bits per heavy atom. The number of hydrogen-bond donors (Lipinski definition) is 0. The predicted octanol–water partition coefficient (Wildman–Crippen LogP) is 3.89. The van der Waals surface area contributed by atoms with E-state index in [2.05, 4.69) is 0 Å². The van der Waals surface area contributed by atoms with Crippen LogP contribution in [0, 0.1) is 0 Å². The third-order valence-electron chi connectivity index (χ3n) is 3.47. The van der Waals surface area contributed by atoms with Crippen LogP contribution in [-0.2, 0) is 23.7 Å². The molecule has 0 bridgehead atoms. The molecule has 1 aromatic rings. The maximum Gasteiger partial charge on any atom is 0.416 e. The summed E-state index contributed by atoms with van der Waals surface area (Å²) in [5.74, 6) is 0.0521. The van der Waals surface area contributed by atoms with Gasteiger partial charge < -0.3 is 0 Å². The Kier molecular flexibility index (Phi) is 4.51. The fourth-order valence-electron chi connectivity index (χ4n) is 2.33. The van der Waals surface area contributed by atoms with Crippen LogP contribution >= 0.6 is 0 Å². The van der Waals surface area contributed by atoms with Gasteiger partial charge in [0.2, 0.25) is 0 Å². The van der Waals surface area contributed by atoms with Crippen molar-refractivity contribution in [2.24, 2.45) is 0 Å².